The molecule has 34 heavy (non-hydrogen) atoms. The number of rotatable bonds is 5. The van der Waals surface area contributed by atoms with Gasteiger partial charge in [0, 0.05) is 18.7 Å². The van der Waals surface area contributed by atoms with E-state index >= 15 is 0 Å². The molecule has 1 aliphatic heterocycles. The Bertz CT molecular complexity index is 1440. The van der Waals surface area contributed by atoms with Crippen molar-refractivity contribution in [1.82, 2.24) is 9.80 Å². The van der Waals surface area contributed by atoms with Crippen LogP contribution < -0.4 is 0 Å². The lowest BCUT2D eigenvalue weighted by molar-refractivity contribution is -0.140. The summed E-state index contributed by atoms with van der Waals surface area (Å²) < 4.78 is 0. The van der Waals surface area contributed by atoms with Crippen molar-refractivity contribution < 1.29 is 14.7 Å². The van der Waals surface area contributed by atoms with E-state index < -0.39 is 17.7 Å². The van der Waals surface area contributed by atoms with Crippen molar-refractivity contribution >= 4 is 39.0 Å². The normalized spacial score (nSPS) is 17.9. The molecule has 0 aromatic heterocycles. The molecule has 1 aliphatic rings. The topological polar surface area (TPSA) is 60.9 Å². The van der Waals surface area contributed by atoms with E-state index in [9.17, 15) is 14.7 Å². The highest BCUT2D eigenvalue weighted by molar-refractivity contribution is 6.47. The molecule has 1 heterocycles. The van der Waals surface area contributed by atoms with Gasteiger partial charge in [-0.05, 0) is 41.2 Å². The van der Waals surface area contributed by atoms with Gasteiger partial charge in [0.2, 0.25) is 0 Å². The van der Waals surface area contributed by atoms with Gasteiger partial charge in [-0.3, -0.25) is 9.59 Å². The Balaban J connectivity index is 1.77. The second kappa shape index (κ2) is 8.76. The zero-order valence-corrected chi connectivity index (χ0v) is 19.2. The van der Waals surface area contributed by atoms with Crippen molar-refractivity contribution in [3.05, 3.63) is 102 Å². The lowest BCUT2D eigenvalue weighted by atomic mass is 9.90. The van der Waals surface area contributed by atoms with Crippen LogP contribution in [0.5, 0.6) is 0 Å². The predicted molar refractivity (Wildman–Crippen MR) is 135 cm³/mol. The molecule has 4 aromatic rings. The van der Waals surface area contributed by atoms with Crippen LogP contribution in [0.1, 0.15) is 17.2 Å². The first-order chi connectivity index (χ1) is 16.5. The summed E-state index contributed by atoms with van der Waals surface area (Å²) in [6.07, 6.45) is 0. The molecule has 1 atom stereocenters. The Kier molecular flexibility index (Phi) is 5.64. The number of benzene rings is 4. The van der Waals surface area contributed by atoms with Gasteiger partial charge in [-0.25, -0.2) is 0 Å². The number of likely N-dealkylation sites (tertiary alicyclic amines) is 1. The van der Waals surface area contributed by atoms with E-state index in [-0.39, 0.29) is 11.3 Å². The molecule has 1 N–H and O–H groups in total. The first kappa shape index (κ1) is 21.9. The first-order valence-corrected chi connectivity index (χ1v) is 11.4. The number of likely N-dealkylation sites (N-methyl/N-ethyl adjacent to an activating group) is 1. The SMILES string of the molecule is CN(C)CCN1C(=O)C(=O)/C(=C(/O)c2cccc3ccccc23)C1c1cccc2ccccc12. The number of Topliss-reactive ketones (excluding diaryl/α,β-unsaturated/α-hetero) is 1. The van der Waals surface area contributed by atoms with Crippen molar-refractivity contribution in [1.29, 1.82) is 0 Å². The number of hydrogen-bond donors (Lipinski definition) is 1. The molecule has 1 fully saturated rings. The summed E-state index contributed by atoms with van der Waals surface area (Å²) in [5, 5.41) is 15.3. The quantitative estimate of drug-likeness (QED) is 0.265. The molecule has 1 unspecified atom stereocenters. The molecule has 0 spiro atoms. The van der Waals surface area contributed by atoms with Crippen molar-refractivity contribution in [3.8, 4) is 0 Å². The molecule has 5 heteroatoms. The molecule has 170 valence electrons. The van der Waals surface area contributed by atoms with Gasteiger partial charge in [-0.15, -0.1) is 0 Å². The zero-order valence-electron chi connectivity index (χ0n) is 19.2. The number of carbonyl (C=O) groups is 2. The Morgan fingerprint density at radius 3 is 2.12 bits per heavy atom. The van der Waals surface area contributed by atoms with Crippen LogP contribution in [0.15, 0.2) is 90.5 Å². The van der Waals surface area contributed by atoms with Gasteiger partial charge in [0.25, 0.3) is 11.7 Å². The third kappa shape index (κ3) is 3.64. The Morgan fingerprint density at radius 2 is 1.41 bits per heavy atom. The van der Waals surface area contributed by atoms with Crippen LogP contribution in [-0.4, -0.2) is 53.8 Å². The second-order valence-corrected chi connectivity index (χ2v) is 8.89. The summed E-state index contributed by atoms with van der Waals surface area (Å²) in [5.74, 6) is -1.37. The highest BCUT2D eigenvalue weighted by atomic mass is 16.3. The maximum absolute atomic E-state index is 13.4. The van der Waals surface area contributed by atoms with E-state index in [1.165, 1.54) is 0 Å². The number of nitrogens with zero attached hydrogens (tertiary/aromatic N) is 2. The van der Waals surface area contributed by atoms with Crippen molar-refractivity contribution in [2.24, 2.45) is 0 Å². The number of aliphatic hydroxyl groups excluding tert-OH is 1. The van der Waals surface area contributed by atoms with E-state index in [1.54, 1.807) is 11.0 Å². The fourth-order valence-electron chi connectivity index (χ4n) is 4.81. The van der Waals surface area contributed by atoms with Gasteiger partial charge in [0.1, 0.15) is 5.76 Å². The van der Waals surface area contributed by atoms with Crippen molar-refractivity contribution in [3.63, 3.8) is 0 Å². The molecular weight excluding hydrogens is 424 g/mol. The van der Waals surface area contributed by atoms with Gasteiger partial charge < -0.3 is 14.9 Å². The number of aliphatic hydroxyl groups is 1. The van der Waals surface area contributed by atoms with Crippen LogP contribution in [0.4, 0.5) is 0 Å². The molecule has 5 nitrogen and oxygen atoms in total. The van der Waals surface area contributed by atoms with Gasteiger partial charge in [0.05, 0.1) is 11.6 Å². The van der Waals surface area contributed by atoms with Crippen LogP contribution in [-0.2, 0) is 9.59 Å². The lowest BCUT2D eigenvalue weighted by Gasteiger charge is -2.27. The van der Waals surface area contributed by atoms with E-state index in [4.69, 9.17) is 0 Å². The standard InChI is InChI=1S/C29H26N2O3/c1-30(2)17-18-31-26(23-15-7-11-19-9-3-5-13-21(19)23)25(28(33)29(31)34)27(32)24-16-8-12-20-10-4-6-14-22(20)24/h3-16,26,32H,17-18H2,1-2H3/b27-25+. The number of hydrogen-bond acceptors (Lipinski definition) is 4. The van der Waals surface area contributed by atoms with Gasteiger partial charge in [-0.2, -0.15) is 0 Å². The third-order valence-corrected chi connectivity index (χ3v) is 6.49. The van der Waals surface area contributed by atoms with Crippen LogP contribution in [0.25, 0.3) is 27.3 Å². The fraction of sp³-hybridized carbons (Fsp3) is 0.172. The number of amides is 1. The molecule has 0 radical (unpaired) electrons. The minimum absolute atomic E-state index is 0.136. The average Bonchev–Trinajstić information content (AvgIpc) is 3.11. The minimum Gasteiger partial charge on any atom is -0.507 e. The van der Waals surface area contributed by atoms with Gasteiger partial charge >= 0.3 is 0 Å². The fourth-order valence-corrected chi connectivity index (χ4v) is 4.81. The molecule has 4 aromatic carbocycles. The van der Waals surface area contributed by atoms with Crippen LogP contribution in [0, 0.1) is 0 Å². The smallest absolute Gasteiger partial charge is 0.295 e. The average molecular weight is 451 g/mol. The number of fused-ring (bicyclic) bond motifs is 2. The lowest BCUT2D eigenvalue weighted by Crippen LogP contribution is -2.35. The van der Waals surface area contributed by atoms with E-state index in [0.29, 0.717) is 18.7 Å². The second-order valence-electron chi connectivity index (χ2n) is 8.89. The van der Waals surface area contributed by atoms with Crippen molar-refractivity contribution in [2.45, 2.75) is 6.04 Å². The summed E-state index contributed by atoms with van der Waals surface area (Å²) >= 11 is 0. The molecular formula is C29H26N2O3. The van der Waals surface area contributed by atoms with E-state index in [1.807, 2.05) is 97.9 Å². The molecule has 1 amide bonds. The maximum Gasteiger partial charge on any atom is 0.295 e. The monoisotopic (exact) mass is 450 g/mol. The van der Waals surface area contributed by atoms with Crippen molar-refractivity contribution in [2.75, 3.05) is 27.2 Å². The van der Waals surface area contributed by atoms with E-state index in [2.05, 4.69) is 0 Å². The molecule has 0 saturated carbocycles. The van der Waals surface area contributed by atoms with Crippen LogP contribution in [0.2, 0.25) is 0 Å². The summed E-state index contributed by atoms with van der Waals surface area (Å²) in [4.78, 5) is 30.2. The highest BCUT2D eigenvalue weighted by Crippen LogP contribution is 2.42. The van der Waals surface area contributed by atoms with Crippen LogP contribution >= 0.6 is 0 Å². The summed E-state index contributed by atoms with van der Waals surface area (Å²) in [5.41, 5.74) is 1.52. The van der Waals surface area contributed by atoms with Crippen LogP contribution in [0.3, 0.4) is 0 Å². The maximum atomic E-state index is 13.4. The Labute approximate surface area is 198 Å². The third-order valence-electron chi connectivity index (χ3n) is 6.49. The summed E-state index contributed by atoms with van der Waals surface area (Å²) in [7, 11) is 3.86. The van der Waals surface area contributed by atoms with E-state index in [0.717, 1.165) is 27.1 Å². The summed E-state index contributed by atoms with van der Waals surface area (Å²) in [6, 6.07) is 26.4. The first-order valence-electron chi connectivity index (χ1n) is 11.4. The van der Waals surface area contributed by atoms with Gasteiger partial charge in [-0.1, -0.05) is 84.9 Å². The highest BCUT2D eigenvalue weighted by Gasteiger charge is 2.46. The summed E-state index contributed by atoms with van der Waals surface area (Å²) in [6.45, 7) is 0.973. The molecule has 1 saturated heterocycles. The molecule has 0 aliphatic carbocycles. The zero-order chi connectivity index (χ0) is 23.8. The number of carbonyl (C=O) groups excluding carboxylic acids is 2. The number of ketones is 1. The Hall–Kier alpha value is -3.96. The predicted octanol–water partition coefficient (Wildman–Crippen LogP) is 4.98. The molecule has 5 rings (SSSR count). The molecule has 0 bridgehead atoms. The minimum atomic E-state index is -0.676. The van der Waals surface area contributed by atoms with Gasteiger partial charge in [0.15, 0.2) is 0 Å². The largest absolute Gasteiger partial charge is 0.507 e. The Morgan fingerprint density at radius 1 is 0.824 bits per heavy atom.